The molecule has 0 bridgehead atoms. The number of imidazole rings is 1. The van der Waals surface area contributed by atoms with Gasteiger partial charge in [-0.05, 0) is 61.7 Å². The van der Waals surface area contributed by atoms with E-state index >= 15 is 0 Å². The number of rotatable bonds is 10. The maximum atomic E-state index is 12.6. The number of benzene rings is 3. The van der Waals surface area contributed by atoms with Crippen molar-refractivity contribution in [1.29, 1.82) is 0 Å². The lowest BCUT2D eigenvalue weighted by molar-refractivity contribution is -0.121. The quantitative estimate of drug-likeness (QED) is 0.296. The van der Waals surface area contributed by atoms with E-state index < -0.39 is 0 Å². The van der Waals surface area contributed by atoms with Crippen molar-refractivity contribution < 1.29 is 9.53 Å². The van der Waals surface area contributed by atoms with Gasteiger partial charge in [-0.2, -0.15) is 0 Å². The summed E-state index contributed by atoms with van der Waals surface area (Å²) < 4.78 is 8.03. The largest absolute Gasteiger partial charge is 0.494 e. The van der Waals surface area contributed by atoms with Crippen LogP contribution >= 0.6 is 11.6 Å². The van der Waals surface area contributed by atoms with Gasteiger partial charge in [0.25, 0.3) is 0 Å². The zero-order chi connectivity index (χ0) is 23.0. The predicted molar refractivity (Wildman–Crippen MR) is 133 cm³/mol. The van der Waals surface area contributed by atoms with Crippen molar-refractivity contribution in [1.82, 2.24) is 14.9 Å². The molecule has 1 unspecified atom stereocenters. The van der Waals surface area contributed by atoms with Gasteiger partial charge in [0.15, 0.2) is 0 Å². The lowest BCUT2D eigenvalue weighted by Crippen LogP contribution is -2.29. The van der Waals surface area contributed by atoms with Crippen molar-refractivity contribution in [2.75, 3.05) is 6.61 Å². The first-order valence-electron chi connectivity index (χ1n) is 11.3. The number of hydrogen-bond donors (Lipinski definition) is 1. The summed E-state index contributed by atoms with van der Waals surface area (Å²) in [5.74, 6) is 1.68. The van der Waals surface area contributed by atoms with Crippen LogP contribution in [0.15, 0.2) is 78.9 Å². The molecule has 3 aromatic carbocycles. The summed E-state index contributed by atoms with van der Waals surface area (Å²) in [5, 5.41) is 3.81. The fourth-order valence-electron chi connectivity index (χ4n) is 3.88. The van der Waals surface area contributed by atoms with Gasteiger partial charge < -0.3 is 14.6 Å². The first kappa shape index (κ1) is 22.9. The molecule has 0 radical (unpaired) electrons. The van der Waals surface area contributed by atoms with Crippen LogP contribution in [0.4, 0.5) is 0 Å². The van der Waals surface area contributed by atoms with Crippen LogP contribution in [0.25, 0.3) is 11.0 Å². The van der Waals surface area contributed by atoms with Crippen molar-refractivity contribution in [3.63, 3.8) is 0 Å². The van der Waals surface area contributed by atoms with Crippen LogP contribution in [0, 0.1) is 0 Å². The highest BCUT2D eigenvalue weighted by Crippen LogP contribution is 2.22. The van der Waals surface area contributed by atoms with E-state index in [1.165, 1.54) is 0 Å². The third-order valence-corrected chi connectivity index (χ3v) is 5.79. The van der Waals surface area contributed by atoms with Gasteiger partial charge in [0.2, 0.25) is 5.91 Å². The van der Waals surface area contributed by atoms with E-state index in [4.69, 9.17) is 21.3 Å². The molecule has 5 nitrogen and oxygen atoms in total. The molecule has 0 aliphatic rings. The zero-order valence-electron chi connectivity index (χ0n) is 18.7. The highest BCUT2D eigenvalue weighted by Gasteiger charge is 2.18. The number of ether oxygens (including phenoxy) is 1. The number of aromatic nitrogens is 2. The Morgan fingerprint density at radius 1 is 1.03 bits per heavy atom. The molecule has 1 heterocycles. The molecule has 6 heteroatoms. The molecule has 33 heavy (non-hydrogen) atoms. The summed E-state index contributed by atoms with van der Waals surface area (Å²) in [7, 11) is 0. The Morgan fingerprint density at radius 2 is 1.76 bits per heavy atom. The molecule has 0 aliphatic carbocycles. The standard InChI is InChI=1S/C27H28ClN3O2/c1-20(29-26(32)17-12-21-8-3-2-4-9-21)27-30-24-10-5-6-11-25(24)31(27)18-7-19-33-23-15-13-22(28)14-16-23/h2-6,8-11,13-16,20H,7,12,17-19H2,1H3,(H,29,32). The lowest BCUT2D eigenvalue weighted by Gasteiger charge is -2.17. The monoisotopic (exact) mass is 461 g/mol. The van der Waals surface area contributed by atoms with Gasteiger partial charge in [-0.25, -0.2) is 4.98 Å². The second kappa shape index (κ2) is 11.0. The maximum Gasteiger partial charge on any atom is 0.220 e. The molecule has 1 atom stereocenters. The van der Waals surface area contributed by atoms with Gasteiger partial charge in [0, 0.05) is 18.0 Å². The summed E-state index contributed by atoms with van der Waals surface area (Å²) in [6.07, 6.45) is 1.98. The molecular formula is C27H28ClN3O2. The van der Waals surface area contributed by atoms with Crippen LogP contribution in [0.1, 0.15) is 37.2 Å². The molecule has 1 amide bonds. The van der Waals surface area contributed by atoms with Gasteiger partial charge in [0.1, 0.15) is 11.6 Å². The van der Waals surface area contributed by atoms with Crippen LogP contribution < -0.4 is 10.1 Å². The molecule has 0 saturated carbocycles. The van der Waals surface area contributed by atoms with Crippen molar-refractivity contribution in [3.8, 4) is 5.75 Å². The number of carbonyl (C=O) groups excluding carboxylic acids is 1. The molecule has 4 rings (SSSR count). The molecule has 1 aromatic heterocycles. The van der Waals surface area contributed by atoms with E-state index in [2.05, 4.69) is 16.0 Å². The number of hydrogen-bond acceptors (Lipinski definition) is 3. The Balaban J connectivity index is 1.39. The Hall–Kier alpha value is -3.31. The lowest BCUT2D eigenvalue weighted by atomic mass is 10.1. The Labute approximate surface area is 199 Å². The summed E-state index contributed by atoms with van der Waals surface area (Å²) in [6, 6.07) is 25.3. The average Bonchev–Trinajstić information content (AvgIpc) is 3.21. The van der Waals surface area contributed by atoms with Gasteiger partial charge >= 0.3 is 0 Å². The van der Waals surface area contributed by atoms with Gasteiger partial charge in [-0.15, -0.1) is 0 Å². The minimum atomic E-state index is -0.196. The zero-order valence-corrected chi connectivity index (χ0v) is 19.5. The number of nitrogens with zero attached hydrogens (tertiary/aromatic N) is 2. The van der Waals surface area contributed by atoms with E-state index in [9.17, 15) is 4.79 Å². The predicted octanol–water partition coefficient (Wildman–Crippen LogP) is 5.97. The van der Waals surface area contributed by atoms with E-state index in [-0.39, 0.29) is 11.9 Å². The summed E-state index contributed by atoms with van der Waals surface area (Å²) >= 11 is 5.93. The van der Waals surface area contributed by atoms with Crippen molar-refractivity contribution >= 4 is 28.5 Å². The Kier molecular flexibility index (Phi) is 7.63. The smallest absolute Gasteiger partial charge is 0.220 e. The number of fused-ring (bicyclic) bond motifs is 1. The second-order valence-electron chi connectivity index (χ2n) is 8.04. The number of aryl methyl sites for hydroxylation is 2. The van der Waals surface area contributed by atoms with Crippen molar-refractivity contribution in [3.05, 3.63) is 95.3 Å². The maximum absolute atomic E-state index is 12.6. The number of halogens is 1. The van der Waals surface area contributed by atoms with E-state index in [1.54, 1.807) is 0 Å². The number of para-hydroxylation sites is 2. The number of nitrogens with one attached hydrogen (secondary N) is 1. The molecular weight excluding hydrogens is 434 g/mol. The molecule has 1 N–H and O–H groups in total. The topological polar surface area (TPSA) is 56.2 Å². The fourth-order valence-corrected chi connectivity index (χ4v) is 4.01. The van der Waals surface area contributed by atoms with Gasteiger partial charge in [-0.1, -0.05) is 54.1 Å². The summed E-state index contributed by atoms with van der Waals surface area (Å²) in [4.78, 5) is 17.4. The molecule has 0 aliphatic heterocycles. The first-order valence-corrected chi connectivity index (χ1v) is 11.6. The van der Waals surface area contributed by atoms with Crippen LogP contribution in [0.5, 0.6) is 5.75 Å². The van der Waals surface area contributed by atoms with E-state index in [0.29, 0.717) is 18.1 Å². The van der Waals surface area contributed by atoms with E-state index in [0.717, 1.165) is 47.6 Å². The average molecular weight is 462 g/mol. The van der Waals surface area contributed by atoms with Gasteiger partial charge in [-0.3, -0.25) is 4.79 Å². The van der Waals surface area contributed by atoms with E-state index in [1.807, 2.05) is 79.7 Å². The Morgan fingerprint density at radius 3 is 2.55 bits per heavy atom. The normalized spacial score (nSPS) is 11.9. The third kappa shape index (κ3) is 6.14. The molecule has 170 valence electrons. The van der Waals surface area contributed by atoms with Crippen molar-refractivity contribution in [2.24, 2.45) is 0 Å². The minimum absolute atomic E-state index is 0.0241. The van der Waals surface area contributed by atoms with Crippen molar-refractivity contribution in [2.45, 2.75) is 38.8 Å². The molecule has 0 spiro atoms. The highest BCUT2D eigenvalue weighted by atomic mass is 35.5. The second-order valence-corrected chi connectivity index (χ2v) is 8.48. The molecule has 0 fully saturated rings. The number of carbonyl (C=O) groups is 1. The third-order valence-electron chi connectivity index (χ3n) is 5.54. The van der Waals surface area contributed by atoms with Crippen LogP contribution in [0.2, 0.25) is 5.02 Å². The highest BCUT2D eigenvalue weighted by molar-refractivity contribution is 6.30. The SMILES string of the molecule is CC(NC(=O)CCc1ccccc1)c1nc2ccccc2n1CCCOc1ccc(Cl)cc1. The summed E-state index contributed by atoms with van der Waals surface area (Å²) in [6.45, 7) is 3.31. The Bertz CT molecular complexity index is 1190. The fraction of sp³-hybridized carbons (Fsp3) is 0.259. The minimum Gasteiger partial charge on any atom is -0.494 e. The summed E-state index contributed by atoms with van der Waals surface area (Å²) in [5.41, 5.74) is 3.15. The number of amides is 1. The molecule has 4 aromatic rings. The van der Waals surface area contributed by atoms with Crippen LogP contribution in [-0.2, 0) is 17.8 Å². The molecule has 0 saturated heterocycles. The van der Waals surface area contributed by atoms with Gasteiger partial charge in [0.05, 0.1) is 23.7 Å². The van der Waals surface area contributed by atoms with Crippen LogP contribution in [0.3, 0.4) is 0 Å². The van der Waals surface area contributed by atoms with Crippen LogP contribution in [-0.4, -0.2) is 22.1 Å². The first-order chi connectivity index (χ1) is 16.1.